The number of anilines is 2. The fourth-order valence-corrected chi connectivity index (χ4v) is 7.28. The molecule has 1 saturated heterocycles. The molecule has 1 aromatic heterocycles. The molecule has 0 saturated carbocycles. The van der Waals surface area contributed by atoms with E-state index in [1.165, 1.54) is 12.8 Å². The minimum absolute atomic E-state index is 0.0127. The molecule has 5 rings (SSSR count). The molecule has 0 spiro atoms. The molecule has 2 aliphatic rings. The van der Waals surface area contributed by atoms with Gasteiger partial charge in [-0.15, -0.1) is 5.10 Å². The second-order valence-corrected chi connectivity index (χ2v) is 13.6. The smallest absolute Gasteiger partial charge is 0.434 e. The van der Waals surface area contributed by atoms with Gasteiger partial charge in [-0.2, -0.15) is 8.99 Å². The van der Waals surface area contributed by atoms with Gasteiger partial charge in [0.25, 0.3) is 5.91 Å². The summed E-state index contributed by atoms with van der Waals surface area (Å²) in [4.78, 5) is 28.4. The third kappa shape index (κ3) is 8.11. The summed E-state index contributed by atoms with van der Waals surface area (Å²) in [6.45, 7) is 6.86. The number of amides is 1. The minimum atomic E-state index is -4.36. The molecule has 1 atom stereocenters. The molecule has 3 aromatic rings. The molecule has 260 valence electrons. The maximum atomic E-state index is 13.9. The summed E-state index contributed by atoms with van der Waals surface area (Å²) in [5.74, 6) is -2.16. The van der Waals surface area contributed by atoms with Crippen LogP contribution < -0.4 is 15.4 Å². The number of carbonyl (C=O) groups is 2. The Labute approximate surface area is 278 Å². The van der Waals surface area contributed by atoms with Crippen molar-refractivity contribution in [2.24, 2.45) is 0 Å². The number of benzene rings is 2. The van der Waals surface area contributed by atoms with Crippen LogP contribution in [0, 0.1) is 11.6 Å². The van der Waals surface area contributed by atoms with Crippen LogP contribution in [0.15, 0.2) is 41.3 Å². The van der Waals surface area contributed by atoms with Crippen molar-refractivity contribution >= 4 is 33.5 Å². The SMILES string of the molecule is CCOC(=O)n1nc(NC(=O)c2ccc(OCCN3CCCC3)cc2N[C@@H](C)COC)c2c1CCN(S(=O)(=O)c1cc(F)cc(F)c1)C2. The van der Waals surface area contributed by atoms with Gasteiger partial charge in [0.05, 0.1) is 35.1 Å². The summed E-state index contributed by atoms with van der Waals surface area (Å²) >= 11 is 0. The Morgan fingerprint density at radius 2 is 1.79 bits per heavy atom. The molecule has 1 amide bonds. The summed E-state index contributed by atoms with van der Waals surface area (Å²) in [7, 11) is -2.79. The summed E-state index contributed by atoms with van der Waals surface area (Å²) in [5, 5.41) is 10.3. The molecule has 2 aromatic carbocycles. The quantitative estimate of drug-likeness (QED) is 0.269. The Balaban J connectivity index is 1.43. The van der Waals surface area contributed by atoms with Gasteiger partial charge in [-0.25, -0.2) is 22.0 Å². The number of sulfonamides is 1. The molecular weight excluding hydrogens is 650 g/mol. The van der Waals surface area contributed by atoms with Gasteiger partial charge in [0, 0.05) is 56.9 Å². The number of rotatable bonds is 13. The van der Waals surface area contributed by atoms with Gasteiger partial charge in [-0.05, 0) is 64.0 Å². The van der Waals surface area contributed by atoms with Crippen molar-refractivity contribution in [3.8, 4) is 5.75 Å². The van der Waals surface area contributed by atoms with E-state index < -0.39 is 38.6 Å². The Morgan fingerprint density at radius 3 is 2.48 bits per heavy atom. The summed E-state index contributed by atoms with van der Waals surface area (Å²) in [5.41, 5.74) is 1.29. The fourth-order valence-electron chi connectivity index (χ4n) is 5.82. The predicted octanol–water partition coefficient (Wildman–Crippen LogP) is 4.09. The maximum Gasteiger partial charge on any atom is 0.434 e. The van der Waals surface area contributed by atoms with E-state index >= 15 is 0 Å². The average Bonchev–Trinajstić information content (AvgIpc) is 3.69. The molecule has 1 fully saturated rings. The van der Waals surface area contributed by atoms with E-state index in [1.54, 1.807) is 32.2 Å². The van der Waals surface area contributed by atoms with Crippen molar-refractivity contribution in [2.45, 2.75) is 50.6 Å². The van der Waals surface area contributed by atoms with Crippen molar-refractivity contribution in [3.05, 3.63) is 64.9 Å². The first-order valence-electron chi connectivity index (χ1n) is 15.8. The summed E-state index contributed by atoms with van der Waals surface area (Å²) in [6, 6.07) is 6.88. The number of hydrogen-bond acceptors (Lipinski definition) is 10. The van der Waals surface area contributed by atoms with Gasteiger partial charge in [0.2, 0.25) is 10.0 Å². The molecule has 0 radical (unpaired) electrons. The number of carbonyl (C=O) groups excluding carboxylic acids is 2. The van der Waals surface area contributed by atoms with Crippen LogP contribution in [0.2, 0.25) is 0 Å². The van der Waals surface area contributed by atoms with Crippen LogP contribution in [0.5, 0.6) is 5.75 Å². The fraction of sp³-hybridized carbons (Fsp3) is 0.469. The molecule has 3 heterocycles. The average molecular weight is 691 g/mol. The highest BCUT2D eigenvalue weighted by molar-refractivity contribution is 7.89. The van der Waals surface area contributed by atoms with Crippen LogP contribution in [0.1, 0.15) is 48.3 Å². The molecule has 0 aliphatic carbocycles. The van der Waals surface area contributed by atoms with Crippen LogP contribution >= 0.6 is 0 Å². The normalized spacial score (nSPS) is 15.9. The lowest BCUT2D eigenvalue weighted by Crippen LogP contribution is -2.37. The minimum Gasteiger partial charge on any atom is -0.492 e. The second kappa shape index (κ2) is 15.4. The van der Waals surface area contributed by atoms with E-state index in [1.807, 2.05) is 6.92 Å². The predicted molar refractivity (Wildman–Crippen MR) is 173 cm³/mol. The number of methoxy groups -OCH3 is 1. The number of hydrogen-bond donors (Lipinski definition) is 2. The van der Waals surface area contributed by atoms with Crippen molar-refractivity contribution < 1.29 is 41.0 Å². The summed E-state index contributed by atoms with van der Waals surface area (Å²) < 4.78 is 73.2. The van der Waals surface area contributed by atoms with Crippen LogP contribution in [0.4, 0.5) is 25.1 Å². The van der Waals surface area contributed by atoms with Gasteiger partial charge in [-0.1, -0.05) is 0 Å². The van der Waals surface area contributed by atoms with E-state index in [-0.39, 0.29) is 49.1 Å². The lowest BCUT2D eigenvalue weighted by atomic mass is 10.1. The number of nitrogens with one attached hydrogen (secondary N) is 2. The number of aromatic nitrogens is 2. The van der Waals surface area contributed by atoms with Crippen LogP contribution in [0.25, 0.3) is 0 Å². The zero-order valence-corrected chi connectivity index (χ0v) is 27.9. The van der Waals surface area contributed by atoms with Gasteiger partial charge in [0.1, 0.15) is 24.0 Å². The Hall–Kier alpha value is -4.12. The molecule has 48 heavy (non-hydrogen) atoms. The first-order valence-corrected chi connectivity index (χ1v) is 17.2. The van der Waals surface area contributed by atoms with Crippen molar-refractivity contribution in [3.63, 3.8) is 0 Å². The van der Waals surface area contributed by atoms with Gasteiger partial charge in [0.15, 0.2) is 5.82 Å². The van der Waals surface area contributed by atoms with E-state index in [2.05, 4.69) is 20.6 Å². The zero-order chi connectivity index (χ0) is 34.4. The number of likely N-dealkylation sites (tertiary alicyclic amines) is 1. The molecule has 0 unspecified atom stereocenters. The maximum absolute atomic E-state index is 13.9. The van der Waals surface area contributed by atoms with Gasteiger partial charge >= 0.3 is 6.09 Å². The Kier molecular flexibility index (Phi) is 11.3. The topological polar surface area (TPSA) is 144 Å². The van der Waals surface area contributed by atoms with Crippen molar-refractivity contribution in [1.82, 2.24) is 19.0 Å². The summed E-state index contributed by atoms with van der Waals surface area (Å²) in [6.07, 6.45) is 1.57. The Morgan fingerprint density at radius 1 is 1.06 bits per heavy atom. The van der Waals surface area contributed by atoms with Crippen molar-refractivity contribution in [2.75, 3.05) is 63.7 Å². The first-order chi connectivity index (χ1) is 23.0. The molecule has 0 bridgehead atoms. The molecule has 2 aliphatic heterocycles. The van der Waals surface area contributed by atoms with E-state index in [0.29, 0.717) is 36.4 Å². The lowest BCUT2D eigenvalue weighted by molar-refractivity contribution is 0.102. The zero-order valence-electron chi connectivity index (χ0n) is 27.1. The van der Waals surface area contributed by atoms with Gasteiger partial charge < -0.3 is 24.8 Å². The number of halogens is 2. The monoisotopic (exact) mass is 690 g/mol. The van der Waals surface area contributed by atoms with Crippen LogP contribution in [-0.4, -0.2) is 98.6 Å². The highest BCUT2D eigenvalue weighted by Gasteiger charge is 2.35. The first kappa shape index (κ1) is 35.2. The number of nitrogens with zero attached hydrogens (tertiary/aromatic N) is 4. The largest absolute Gasteiger partial charge is 0.492 e. The lowest BCUT2D eigenvalue weighted by Gasteiger charge is -2.27. The third-order valence-corrected chi connectivity index (χ3v) is 9.92. The second-order valence-electron chi connectivity index (χ2n) is 11.6. The number of ether oxygens (including phenoxy) is 3. The molecule has 16 heteroatoms. The van der Waals surface area contributed by atoms with Crippen LogP contribution in [-0.2, 0) is 32.5 Å². The van der Waals surface area contributed by atoms with E-state index in [0.717, 1.165) is 40.8 Å². The molecule has 13 nitrogen and oxygen atoms in total. The van der Waals surface area contributed by atoms with Crippen LogP contribution in [0.3, 0.4) is 0 Å². The van der Waals surface area contributed by atoms with E-state index in [4.69, 9.17) is 14.2 Å². The van der Waals surface area contributed by atoms with E-state index in [9.17, 15) is 26.8 Å². The molecular formula is C32H40F2N6O7S. The van der Waals surface area contributed by atoms with Gasteiger partial charge in [-0.3, -0.25) is 9.69 Å². The third-order valence-electron chi connectivity index (χ3n) is 8.10. The molecule has 2 N–H and O–H groups in total. The Bertz CT molecular complexity index is 1730. The standard InChI is InChI=1S/C32H40F2N6O7S/c1-4-46-32(42)40-29-9-12-39(48(43,44)25-16-22(33)15-23(34)17-25)19-27(29)30(37-40)36-31(41)26-8-7-24(18-28(26)35-21(2)20-45-3)47-14-13-38-10-5-6-11-38/h7-8,15-18,21,35H,4-6,9-14,19-20H2,1-3H3,(H,36,37,41)/t21-/m0/s1. The van der Waals surface area contributed by atoms with Crippen molar-refractivity contribution in [1.29, 1.82) is 0 Å². The number of fused-ring (bicyclic) bond motifs is 1. The highest BCUT2D eigenvalue weighted by atomic mass is 32.2. The highest BCUT2D eigenvalue weighted by Crippen LogP contribution is 2.32.